The Morgan fingerprint density at radius 3 is 2.62 bits per heavy atom. The van der Waals surface area contributed by atoms with Crippen molar-refractivity contribution in [1.29, 1.82) is 0 Å². The van der Waals surface area contributed by atoms with Crippen LogP contribution in [-0.2, 0) is 0 Å². The highest BCUT2D eigenvalue weighted by Gasteiger charge is 2.19. The zero-order valence-corrected chi connectivity index (χ0v) is 15.0. The Hall–Kier alpha value is -2.89. The Labute approximate surface area is 153 Å². The van der Waals surface area contributed by atoms with Gasteiger partial charge in [0.2, 0.25) is 0 Å². The molecule has 1 fully saturated rings. The van der Waals surface area contributed by atoms with Crippen LogP contribution in [0.3, 0.4) is 0 Å². The summed E-state index contributed by atoms with van der Waals surface area (Å²) in [6, 6.07) is 8.86. The predicted octanol–water partition coefficient (Wildman–Crippen LogP) is 3.32. The van der Waals surface area contributed by atoms with Gasteiger partial charge < -0.3 is 15.4 Å². The minimum atomic E-state index is -0.314. The fourth-order valence-corrected chi connectivity index (χ4v) is 3.14. The van der Waals surface area contributed by atoms with Crippen LogP contribution in [0.25, 0.3) is 0 Å². The smallest absolute Gasteiger partial charge is 0.270 e. The molecule has 2 N–H and O–H groups in total. The van der Waals surface area contributed by atoms with Crippen molar-refractivity contribution in [2.24, 2.45) is 0 Å². The van der Waals surface area contributed by atoms with E-state index in [1.165, 1.54) is 12.3 Å². The van der Waals surface area contributed by atoms with Gasteiger partial charge in [-0.05, 0) is 49.6 Å². The van der Waals surface area contributed by atoms with Gasteiger partial charge in [-0.25, -0.2) is 0 Å². The molecule has 2 aromatic rings. The second-order valence-corrected chi connectivity index (χ2v) is 6.54. The molecule has 0 radical (unpaired) electrons. The quantitative estimate of drug-likeness (QED) is 0.864. The summed E-state index contributed by atoms with van der Waals surface area (Å²) in [6.07, 6.45) is 5.75. The molecule has 1 saturated carbocycles. The maximum absolute atomic E-state index is 12.6. The van der Waals surface area contributed by atoms with Crippen LogP contribution >= 0.6 is 0 Å². The zero-order chi connectivity index (χ0) is 18.5. The van der Waals surface area contributed by atoms with Gasteiger partial charge in [-0.2, -0.15) is 0 Å². The van der Waals surface area contributed by atoms with E-state index in [0.717, 1.165) is 31.2 Å². The summed E-state index contributed by atoms with van der Waals surface area (Å²) in [5.74, 6) is 0.0307. The molecule has 0 unspecified atom stereocenters. The number of nitrogens with one attached hydrogen (secondary N) is 2. The van der Waals surface area contributed by atoms with E-state index in [0.29, 0.717) is 17.0 Å². The fourth-order valence-electron chi connectivity index (χ4n) is 3.14. The summed E-state index contributed by atoms with van der Waals surface area (Å²) in [6.45, 7) is 1.94. The van der Waals surface area contributed by atoms with E-state index < -0.39 is 0 Å². The van der Waals surface area contributed by atoms with Crippen LogP contribution in [0.4, 0.5) is 5.69 Å². The summed E-state index contributed by atoms with van der Waals surface area (Å²) in [7, 11) is 1.55. The highest BCUT2D eigenvalue weighted by Crippen LogP contribution is 2.25. The molecule has 136 valence electrons. The van der Waals surface area contributed by atoms with E-state index >= 15 is 0 Å². The van der Waals surface area contributed by atoms with Crippen molar-refractivity contribution in [1.82, 2.24) is 10.3 Å². The van der Waals surface area contributed by atoms with Gasteiger partial charge in [0.25, 0.3) is 11.8 Å². The summed E-state index contributed by atoms with van der Waals surface area (Å²) < 4.78 is 5.28. The number of carbonyl (C=O) groups excluding carboxylic acids is 2. The Morgan fingerprint density at radius 2 is 1.88 bits per heavy atom. The monoisotopic (exact) mass is 353 g/mol. The predicted molar refractivity (Wildman–Crippen MR) is 99.6 cm³/mol. The maximum Gasteiger partial charge on any atom is 0.270 e. The highest BCUT2D eigenvalue weighted by atomic mass is 16.5. The second-order valence-electron chi connectivity index (χ2n) is 6.54. The number of nitrogens with zero attached hydrogens (tertiary/aromatic N) is 1. The van der Waals surface area contributed by atoms with Gasteiger partial charge in [0.1, 0.15) is 11.4 Å². The van der Waals surface area contributed by atoms with Gasteiger partial charge in [0.05, 0.1) is 12.8 Å². The van der Waals surface area contributed by atoms with E-state index in [9.17, 15) is 9.59 Å². The van der Waals surface area contributed by atoms with E-state index in [1.807, 2.05) is 19.1 Å². The minimum Gasteiger partial charge on any atom is -0.495 e. The molecule has 0 spiro atoms. The molecule has 3 rings (SSSR count). The van der Waals surface area contributed by atoms with E-state index in [2.05, 4.69) is 15.6 Å². The number of hydrogen-bond acceptors (Lipinski definition) is 4. The van der Waals surface area contributed by atoms with Crippen molar-refractivity contribution < 1.29 is 14.3 Å². The van der Waals surface area contributed by atoms with Crippen LogP contribution in [0.2, 0.25) is 0 Å². The summed E-state index contributed by atoms with van der Waals surface area (Å²) in [5.41, 5.74) is 2.22. The van der Waals surface area contributed by atoms with Gasteiger partial charge >= 0.3 is 0 Å². The summed E-state index contributed by atoms with van der Waals surface area (Å²) in [4.78, 5) is 29.0. The standard InChI is InChI=1S/C20H23N3O3/c1-13-7-8-18(26-2)16(11-13)23-19(24)14-9-10-21-17(12-14)20(25)22-15-5-3-4-6-15/h7-12,15H,3-6H2,1-2H3,(H,22,25)(H,23,24). The molecule has 6 heteroatoms. The van der Waals surface area contributed by atoms with Crippen LogP contribution < -0.4 is 15.4 Å². The lowest BCUT2D eigenvalue weighted by Gasteiger charge is -2.13. The van der Waals surface area contributed by atoms with E-state index in [-0.39, 0.29) is 23.6 Å². The lowest BCUT2D eigenvalue weighted by atomic mass is 10.1. The first-order valence-corrected chi connectivity index (χ1v) is 8.79. The van der Waals surface area contributed by atoms with Crippen molar-refractivity contribution in [2.45, 2.75) is 38.6 Å². The number of methoxy groups -OCH3 is 1. The molecule has 6 nitrogen and oxygen atoms in total. The number of anilines is 1. The number of hydrogen-bond donors (Lipinski definition) is 2. The third-order valence-electron chi connectivity index (χ3n) is 4.55. The highest BCUT2D eigenvalue weighted by molar-refractivity contribution is 6.06. The van der Waals surface area contributed by atoms with Crippen LogP contribution in [-0.4, -0.2) is 29.9 Å². The molecule has 26 heavy (non-hydrogen) atoms. The number of rotatable bonds is 5. The van der Waals surface area contributed by atoms with Crippen LogP contribution in [0.15, 0.2) is 36.5 Å². The number of aromatic nitrogens is 1. The van der Waals surface area contributed by atoms with Crippen molar-refractivity contribution in [3.05, 3.63) is 53.3 Å². The Kier molecular flexibility index (Phi) is 5.51. The molecule has 1 aliphatic rings. The SMILES string of the molecule is COc1ccc(C)cc1NC(=O)c1ccnc(C(=O)NC2CCCC2)c1. The first kappa shape index (κ1) is 17.9. The lowest BCUT2D eigenvalue weighted by molar-refractivity contribution is 0.0933. The molecule has 2 amide bonds. The van der Waals surface area contributed by atoms with Crippen LogP contribution in [0, 0.1) is 6.92 Å². The molecule has 0 saturated heterocycles. The maximum atomic E-state index is 12.6. The van der Waals surface area contributed by atoms with Gasteiger partial charge in [-0.15, -0.1) is 0 Å². The second kappa shape index (κ2) is 7.99. The topological polar surface area (TPSA) is 80.3 Å². The number of ether oxygens (including phenoxy) is 1. The van der Waals surface area contributed by atoms with Crippen molar-refractivity contribution in [3.63, 3.8) is 0 Å². The van der Waals surface area contributed by atoms with Gasteiger partial charge in [0.15, 0.2) is 0 Å². The van der Waals surface area contributed by atoms with Crippen LogP contribution in [0.5, 0.6) is 5.75 Å². The average molecular weight is 353 g/mol. The largest absolute Gasteiger partial charge is 0.495 e. The van der Waals surface area contributed by atoms with Crippen molar-refractivity contribution >= 4 is 17.5 Å². The molecule has 1 aromatic carbocycles. The number of amides is 2. The Balaban J connectivity index is 1.74. The lowest BCUT2D eigenvalue weighted by Crippen LogP contribution is -2.33. The number of aryl methyl sites for hydroxylation is 1. The first-order valence-electron chi connectivity index (χ1n) is 8.79. The number of pyridine rings is 1. The summed E-state index contributed by atoms with van der Waals surface area (Å²) >= 11 is 0. The zero-order valence-electron chi connectivity index (χ0n) is 15.0. The Bertz CT molecular complexity index is 814. The van der Waals surface area contributed by atoms with Gasteiger partial charge in [-0.1, -0.05) is 18.9 Å². The minimum absolute atomic E-state index is 0.207. The van der Waals surface area contributed by atoms with Crippen molar-refractivity contribution in [3.8, 4) is 5.75 Å². The van der Waals surface area contributed by atoms with Crippen LogP contribution in [0.1, 0.15) is 52.1 Å². The van der Waals surface area contributed by atoms with E-state index in [4.69, 9.17) is 4.74 Å². The number of carbonyl (C=O) groups is 2. The van der Waals surface area contributed by atoms with Crippen molar-refractivity contribution in [2.75, 3.05) is 12.4 Å². The fraction of sp³-hybridized carbons (Fsp3) is 0.350. The molecular weight excluding hydrogens is 330 g/mol. The van der Waals surface area contributed by atoms with Gasteiger partial charge in [-0.3, -0.25) is 14.6 Å². The molecule has 1 aliphatic carbocycles. The normalized spacial score (nSPS) is 14.1. The first-order chi connectivity index (χ1) is 12.6. The Morgan fingerprint density at radius 1 is 1.12 bits per heavy atom. The molecule has 1 aromatic heterocycles. The van der Waals surface area contributed by atoms with E-state index in [1.54, 1.807) is 19.2 Å². The number of benzene rings is 1. The van der Waals surface area contributed by atoms with Gasteiger partial charge in [0, 0.05) is 17.8 Å². The molecule has 0 aliphatic heterocycles. The third-order valence-corrected chi connectivity index (χ3v) is 4.55. The molecule has 0 bridgehead atoms. The molecule has 1 heterocycles. The average Bonchev–Trinajstić information content (AvgIpc) is 3.15. The third kappa shape index (κ3) is 4.20. The molecule has 0 atom stereocenters. The molecular formula is C20H23N3O3. The summed E-state index contributed by atoms with van der Waals surface area (Å²) in [5, 5.41) is 5.82.